The van der Waals surface area contributed by atoms with Crippen molar-refractivity contribution < 1.29 is 0 Å². The molecule has 0 aliphatic carbocycles. The molecule has 5 heteroatoms. The van der Waals surface area contributed by atoms with Crippen molar-refractivity contribution in [2.75, 3.05) is 0 Å². The Morgan fingerprint density at radius 3 is 2.68 bits per heavy atom. The summed E-state index contributed by atoms with van der Waals surface area (Å²) in [5.74, 6) is 0. The second-order valence-corrected chi connectivity index (χ2v) is 5.19. The molecule has 0 aliphatic rings. The van der Waals surface area contributed by atoms with E-state index < -0.39 is 0 Å². The van der Waals surface area contributed by atoms with E-state index in [9.17, 15) is 4.79 Å². The first-order valence-electron chi connectivity index (χ1n) is 5.72. The zero-order valence-electron chi connectivity index (χ0n) is 10.4. The van der Waals surface area contributed by atoms with Crippen LogP contribution >= 0.6 is 23.8 Å². The van der Waals surface area contributed by atoms with Crippen LogP contribution in [-0.2, 0) is 6.54 Å². The third kappa shape index (κ3) is 3.22. The molecule has 0 spiro atoms. The van der Waals surface area contributed by atoms with Crippen LogP contribution in [0.1, 0.15) is 16.7 Å². The molecule has 0 saturated heterocycles. The Kier molecular flexibility index (Phi) is 4.02. The fraction of sp³-hybridized carbons (Fsp3) is 0.143. The molecule has 1 aromatic heterocycles. The van der Waals surface area contributed by atoms with Crippen molar-refractivity contribution in [3.05, 3.63) is 68.6 Å². The zero-order valence-corrected chi connectivity index (χ0v) is 12.0. The van der Waals surface area contributed by atoms with Crippen LogP contribution in [0.3, 0.4) is 0 Å². The predicted molar refractivity (Wildman–Crippen MR) is 81.9 cm³/mol. The summed E-state index contributed by atoms with van der Waals surface area (Å²) in [6.07, 6.45) is 1.76. The number of benzene rings is 1. The predicted octanol–water partition coefficient (Wildman–Crippen LogP) is 2.49. The maximum atomic E-state index is 11.8. The number of thiocarbonyl (C=S) groups is 1. The van der Waals surface area contributed by atoms with Gasteiger partial charge >= 0.3 is 0 Å². The molecule has 1 heterocycles. The molecule has 0 saturated carbocycles. The largest absolute Gasteiger partial charge is 0.389 e. The number of rotatable bonds is 3. The number of aryl methyl sites for hydroxylation is 1. The van der Waals surface area contributed by atoms with Gasteiger partial charge in [0, 0.05) is 22.8 Å². The van der Waals surface area contributed by atoms with E-state index in [0.29, 0.717) is 16.6 Å². The highest BCUT2D eigenvalue weighted by Gasteiger charge is 2.05. The molecule has 0 bridgehead atoms. The summed E-state index contributed by atoms with van der Waals surface area (Å²) in [7, 11) is 0. The molecule has 19 heavy (non-hydrogen) atoms. The number of nitrogens with zero attached hydrogens (tertiary/aromatic N) is 1. The van der Waals surface area contributed by atoms with Crippen LogP contribution in [0.15, 0.2) is 41.3 Å². The van der Waals surface area contributed by atoms with E-state index in [2.05, 4.69) is 0 Å². The third-order valence-electron chi connectivity index (χ3n) is 2.83. The monoisotopic (exact) mass is 292 g/mol. The summed E-state index contributed by atoms with van der Waals surface area (Å²) < 4.78 is 1.61. The minimum Gasteiger partial charge on any atom is -0.389 e. The third-order valence-corrected chi connectivity index (χ3v) is 3.42. The maximum Gasteiger partial charge on any atom is 0.251 e. The quantitative estimate of drug-likeness (QED) is 0.884. The lowest BCUT2D eigenvalue weighted by Gasteiger charge is -2.09. The Morgan fingerprint density at radius 2 is 2.11 bits per heavy atom. The number of hydrogen-bond donors (Lipinski definition) is 1. The zero-order chi connectivity index (χ0) is 14.0. The fourth-order valence-corrected chi connectivity index (χ4v) is 2.12. The summed E-state index contributed by atoms with van der Waals surface area (Å²) in [4.78, 5) is 12.1. The fourth-order valence-electron chi connectivity index (χ4n) is 1.75. The Balaban J connectivity index is 2.33. The average molecular weight is 293 g/mol. The summed E-state index contributed by atoms with van der Waals surface area (Å²) in [6, 6.07) is 8.85. The highest BCUT2D eigenvalue weighted by molar-refractivity contribution is 7.80. The molecule has 0 unspecified atom stereocenters. The van der Waals surface area contributed by atoms with Crippen molar-refractivity contribution in [3.8, 4) is 0 Å². The van der Waals surface area contributed by atoms with Gasteiger partial charge in [-0.3, -0.25) is 4.79 Å². The van der Waals surface area contributed by atoms with E-state index in [1.807, 2.05) is 25.1 Å². The average Bonchev–Trinajstić information content (AvgIpc) is 2.34. The van der Waals surface area contributed by atoms with Crippen molar-refractivity contribution in [2.24, 2.45) is 5.73 Å². The van der Waals surface area contributed by atoms with Gasteiger partial charge in [-0.2, -0.15) is 0 Å². The summed E-state index contributed by atoms with van der Waals surface area (Å²) in [5, 5.41) is 0.553. The van der Waals surface area contributed by atoms with Crippen molar-refractivity contribution in [1.82, 2.24) is 4.57 Å². The highest BCUT2D eigenvalue weighted by atomic mass is 35.5. The molecule has 0 fully saturated rings. The smallest absolute Gasteiger partial charge is 0.251 e. The Bertz CT molecular complexity index is 694. The van der Waals surface area contributed by atoms with Crippen LogP contribution in [0.2, 0.25) is 5.02 Å². The van der Waals surface area contributed by atoms with Gasteiger partial charge in [-0.15, -0.1) is 0 Å². The Hall–Kier alpha value is -1.65. The van der Waals surface area contributed by atoms with E-state index in [1.54, 1.807) is 22.9 Å². The van der Waals surface area contributed by atoms with E-state index in [-0.39, 0.29) is 5.56 Å². The van der Waals surface area contributed by atoms with Gasteiger partial charge in [-0.25, -0.2) is 0 Å². The summed E-state index contributed by atoms with van der Waals surface area (Å²) in [6.45, 7) is 2.31. The molecule has 3 nitrogen and oxygen atoms in total. The van der Waals surface area contributed by atoms with Crippen molar-refractivity contribution in [1.29, 1.82) is 0 Å². The first kappa shape index (κ1) is 13.8. The minimum atomic E-state index is -0.0468. The van der Waals surface area contributed by atoms with Gasteiger partial charge in [0.25, 0.3) is 5.56 Å². The topological polar surface area (TPSA) is 48.0 Å². The molecule has 0 aliphatic heterocycles. The molecule has 2 rings (SSSR count). The van der Waals surface area contributed by atoms with Gasteiger partial charge in [0.15, 0.2) is 0 Å². The second kappa shape index (κ2) is 5.55. The first-order valence-corrected chi connectivity index (χ1v) is 6.51. The number of pyridine rings is 1. The van der Waals surface area contributed by atoms with Crippen molar-refractivity contribution in [2.45, 2.75) is 13.5 Å². The SMILES string of the molecule is Cc1ccn(Cc2ccc(C(N)=S)cc2Cl)c(=O)c1. The summed E-state index contributed by atoms with van der Waals surface area (Å²) in [5.41, 5.74) is 8.01. The number of nitrogens with two attached hydrogens (primary N) is 1. The standard InChI is InChI=1S/C14H13ClN2OS/c1-9-4-5-17(13(18)6-9)8-11-3-2-10(14(16)19)7-12(11)15/h2-7H,8H2,1H3,(H2,16,19). The lowest BCUT2D eigenvalue weighted by atomic mass is 10.1. The second-order valence-electron chi connectivity index (χ2n) is 4.34. The van der Waals surface area contributed by atoms with E-state index >= 15 is 0 Å². The molecular formula is C14H13ClN2OS. The van der Waals surface area contributed by atoms with Crippen LogP contribution < -0.4 is 11.3 Å². The molecule has 2 aromatic rings. The van der Waals surface area contributed by atoms with E-state index in [1.165, 1.54) is 0 Å². The molecule has 0 amide bonds. The molecule has 98 valence electrons. The minimum absolute atomic E-state index is 0.0468. The molecule has 0 radical (unpaired) electrons. The number of hydrogen-bond acceptors (Lipinski definition) is 2. The van der Waals surface area contributed by atoms with Crippen LogP contribution in [0.5, 0.6) is 0 Å². The Morgan fingerprint density at radius 1 is 1.37 bits per heavy atom. The first-order chi connectivity index (χ1) is 8.97. The molecule has 1 aromatic carbocycles. The van der Waals surface area contributed by atoms with Crippen LogP contribution in [-0.4, -0.2) is 9.56 Å². The maximum absolute atomic E-state index is 11.8. The van der Waals surface area contributed by atoms with Gasteiger partial charge in [-0.1, -0.05) is 36.0 Å². The van der Waals surface area contributed by atoms with E-state index in [0.717, 1.165) is 16.7 Å². The lowest BCUT2D eigenvalue weighted by Crippen LogP contribution is -2.19. The molecule has 2 N–H and O–H groups in total. The lowest BCUT2D eigenvalue weighted by molar-refractivity contribution is 0.757. The van der Waals surface area contributed by atoms with Crippen LogP contribution in [0, 0.1) is 6.92 Å². The normalized spacial score (nSPS) is 10.4. The van der Waals surface area contributed by atoms with Gasteiger partial charge in [0.2, 0.25) is 0 Å². The van der Waals surface area contributed by atoms with Crippen LogP contribution in [0.4, 0.5) is 0 Å². The van der Waals surface area contributed by atoms with Crippen molar-refractivity contribution in [3.63, 3.8) is 0 Å². The summed E-state index contributed by atoms with van der Waals surface area (Å²) >= 11 is 11.1. The number of aromatic nitrogens is 1. The van der Waals surface area contributed by atoms with Crippen LogP contribution in [0.25, 0.3) is 0 Å². The molecular weight excluding hydrogens is 280 g/mol. The van der Waals surface area contributed by atoms with Crippen molar-refractivity contribution >= 4 is 28.8 Å². The van der Waals surface area contributed by atoms with E-state index in [4.69, 9.17) is 29.6 Å². The van der Waals surface area contributed by atoms with Gasteiger partial charge in [-0.05, 0) is 30.2 Å². The van der Waals surface area contributed by atoms with Gasteiger partial charge < -0.3 is 10.3 Å². The Labute approximate surface area is 121 Å². The van der Waals surface area contributed by atoms with Gasteiger partial charge in [0.05, 0.1) is 6.54 Å². The number of halogens is 1. The highest BCUT2D eigenvalue weighted by Crippen LogP contribution is 2.18. The molecule has 0 atom stereocenters. The van der Waals surface area contributed by atoms with Gasteiger partial charge in [0.1, 0.15) is 4.99 Å².